The molecule has 10 nitrogen and oxygen atoms in total. The summed E-state index contributed by atoms with van der Waals surface area (Å²) >= 11 is 0. The van der Waals surface area contributed by atoms with Gasteiger partial charge in [-0.25, -0.2) is 19.9 Å². The van der Waals surface area contributed by atoms with Gasteiger partial charge in [-0.3, -0.25) is 5.32 Å². The normalized spacial score (nSPS) is 17.6. The minimum absolute atomic E-state index is 0.0328. The molecule has 0 unspecified atom stereocenters. The van der Waals surface area contributed by atoms with Crippen LogP contribution in [0.1, 0.15) is 12.8 Å². The molecule has 124 valence electrons. The van der Waals surface area contributed by atoms with E-state index in [1.165, 1.54) is 0 Å². The number of aliphatic imine (C=N–C) groups is 1. The maximum Gasteiger partial charge on any atom is 0.411 e. The summed E-state index contributed by atoms with van der Waals surface area (Å²) in [5, 5.41) is 11.9. The Morgan fingerprint density at radius 1 is 1.48 bits per heavy atom. The molecule has 0 spiro atoms. The molecule has 0 radical (unpaired) electrons. The Kier molecular flexibility index (Phi) is 5.69. The second-order valence-electron chi connectivity index (χ2n) is 4.77. The average molecular weight is 323 g/mol. The molecule has 10 heteroatoms. The number of hydrogen-bond donors (Lipinski definition) is 3. The van der Waals surface area contributed by atoms with Crippen LogP contribution in [0, 0.1) is 10.1 Å². The number of guanidine groups is 1. The maximum absolute atomic E-state index is 11.6. The van der Waals surface area contributed by atoms with Gasteiger partial charge in [0.2, 0.25) is 0 Å². The van der Waals surface area contributed by atoms with Crippen LogP contribution in [0.25, 0.3) is 0 Å². The predicted octanol–water partition coefficient (Wildman–Crippen LogP) is 1.14. The Morgan fingerprint density at radius 3 is 2.83 bits per heavy atom. The van der Waals surface area contributed by atoms with Crippen LogP contribution in [0.15, 0.2) is 29.3 Å². The van der Waals surface area contributed by atoms with Crippen LogP contribution in [-0.2, 0) is 9.47 Å². The summed E-state index contributed by atoms with van der Waals surface area (Å²) in [6.45, 7) is 0.920. The molecule has 1 fully saturated rings. The summed E-state index contributed by atoms with van der Waals surface area (Å²) in [4.78, 5) is 25.6. The molecular formula is C13H17N5O5. The van der Waals surface area contributed by atoms with E-state index in [4.69, 9.17) is 15.2 Å². The quantitative estimate of drug-likeness (QED) is 0.319. The molecule has 0 aliphatic carbocycles. The molecule has 1 aromatic rings. The number of nitrogens with zero attached hydrogens (tertiary/aromatic N) is 2. The molecule has 0 aromatic heterocycles. The number of hydrogen-bond acceptors (Lipinski definition) is 6. The van der Waals surface area contributed by atoms with E-state index in [0.29, 0.717) is 18.0 Å². The van der Waals surface area contributed by atoms with Crippen molar-refractivity contribution >= 4 is 23.4 Å². The lowest BCUT2D eigenvalue weighted by Gasteiger charge is -2.11. The van der Waals surface area contributed by atoms with Gasteiger partial charge in [-0.15, -0.1) is 0 Å². The van der Waals surface area contributed by atoms with Crippen molar-refractivity contribution in [3.8, 4) is 0 Å². The molecule has 0 bridgehead atoms. The molecule has 1 aliphatic rings. The number of nitrogens with two attached hydrogens (primary N) is 1. The maximum atomic E-state index is 11.6. The molecule has 0 saturated carbocycles. The number of nitro groups is 1. The predicted molar refractivity (Wildman–Crippen MR) is 81.8 cm³/mol. The average Bonchev–Trinajstić information content (AvgIpc) is 3.00. The van der Waals surface area contributed by atoms with E-state index < -0.39 is 11.1 Å². The molecule has 1 heterocycles. The topological polar surface area (TPSA) is 141 Å². The van der Waals surface area contributed by atoms with Crippen LogP contribution >= 0.6 is 0 Å². The second kappa shape index (κ2) is 7.94. The Hall–Kier alpha value is -2.88. The largest absolute Gasteiger partial charge is 0.447 e. The summed E-state index contributed by atoms with van der Waals surface area (Å²) in [6.07, 6.45) is 1.26. The first-order valence-corrected chi connectivity index (χ1v) is 6.93. The van der Waals surface area contributed by atoms with Crippen LogP contribution in [0.4, 0.5) is 16.2 Å². The number of amides is 1. The van der Waals surface area contributed by atoms with Gasteiger partial charge in [0, 0.05) is 12.3 Å². The van der Waals surface area contributed by atoms with E-state index in [0.717, 1.165) is 12.8 Å². The van der Waals surface area contributed by atoms with Gasteiger partial charge < -0.3 is 15.2 Å². The van der Waals surface area contributed by atoms with Crippen LogP contribution in [0.2, 0.25) is 0 Å². The highest BCUT2D eigenvalue weighted by Crippen LogP contribution is 2.17. The number of carbonyl (C=O) groups excluding carboxylic acids is 1. The van der Waals surface area contributed by atoms with Gasteiger partial charge in [0.25, 0.3) is 5.96 Å². The number of nitrogens with one attached hydrogen (secondary N) is 2. The van der Waals surface area contributed by atoms with Crippen LogP contribution in [0.3, 0.4) is 0 Å². The number of rotatable bonds is 5. The van der Waals surface area contributed by atoms with E-state index in [2.05, 4.69) is 10.3 Å². The van der Waals surface area contributed by atoms with Crippen LogP contribution in [-0.4, -0.2) is 36.4 Å². The zero-order valence-electron chi connectivity index (χ0n) is 12.2. The summed E-state index contributed by atoms with van der Waals surface area (Å²) in [5.41, 5.74) is 7.95. The molecule has 2 rings (SSSR count). The van der Waals surface area contributed by atoms with Crippen molar-refractivity contribution in [1.29, 1.82) is 0 Å². The first-order chi connectivity index (χ1) is 11.0. The minimum Gasteiger partial charge on any atom is -0.447 e. The highest BCUT2D eigenvalue weighted by Gasteiger charge is 2.17. The van der Waals surface area contributed by atoms with Crippen molar-refractivity contribution in [1.82, 2.24) is 5.43 Å². The van der Waals surface area contributed by atoms with Crippen molar-refractivity contribution < 1.29 is 19.3 Å². The highest BCUT2D eigenvalue weighted by molar-refractivity contribution is 5.85. The molecule has 1 aliphatic heterocycles. The molecule has 1 saturated heterocycles. The molecular weight excluding hydrogens is 306 g/mol. The molecule has 1 aromatic carbocycles. The van der Waals surface area contributed by atoms with Crippen LogP contribution < -0.4 is 16.5 Å². The molecule has 4 N–H and O–H groups in total. The third-order valence-corrected chi connectivity index (χ3v) is 2.99. The van der Waals surface area contributed by atoms with E-state index in [1.807, 2.05) is 0 Å². The zero-order chi connectivity index (χ0) is 16.7. The van der Waals surface area contributed by atoms with Crippen molar-refractivity contribution in [2.75, 3.05) is 18.5 Å². The number of hydrazine groups is 1. The SMILES string of the molecule is NC(=Nc1ccc(NC(=O)OC[C@@H]2CCCO2)cc1)N[N+](=O)[O-]. The summed E-state index contributed by atoms with van der Waals surface area (Å²) in [6, 6.07) is 6.24. The molecule has 23 heavy (non-hydrogen) atoms. The third-order valence-electron chi connectivity index (χ3n) is 2.99. The van der Waals surface area contributed by atoms with Gasteiger partial charge >= 0.3 is 6.09 Å². The van der Waals surface area contributed by atoms with Gasteiger partial charge in [0.15, 0.2) is 5.03 Å². The number of benzene rings is 1. The lowest BCUT2D eigenvalue weighted by atomic mass is 10.2. The first-order valence-electron chi connectivity index (χ1n) is 6.93. The third kappa shape index (κ3) is 5.79. The zero-order valence-corrected chi connectivity index (χ0v) is 12.2. The fourth-order valence-corrected chi connectivity index (χ4v) is 1.98. The number of carbonyl (C=O) groups is 1. The minimum atomic E-state index is -0.807. The summed E-state index contributed by atoms with van der Waals surface area (Å²) in [7, 11) is 0. The van der Waals surface area contributed by atoms with Gasteiger partial charge in [0.05, 0.1) is 11.8 Å². The summed E-state index contributed by atoms with van der Waals surface area (Å²) < 4.78 is 10.4. The fourth-order valence-electron chi connectivity index (χ4n) is 1.98. The summed E-state index contributed by atoms with van der Waals surface area (Å²) in [5.74, 6) is -0.341. The standard InChI is InChI=1S/C13H17N5O5/c14-12(17-18(20)21)15-9-3-5-10(6-4-9)16-13(19)23-8-11-2-1-7-22-11/h3-6,11H,1-2,7-8H2,(H,16,19)(H3,14,15,17)/t11-/m0/s1. The Bertz CT molecular complexity index is 583. The lowest BCUT2D eigenvalue weighted by molar-refractivity contribution is -0.525. The van der Waals surface area contributed by atoms with Gasteiger partial charge in [-0.2, -0.15) is 0 Å². The Morgan fingerprint density at radius 2 is 2.22 bits per heavy atom. The molecule has 1 atom stereocenters. The van der Waals surface area contributed by atoms with Gasteiger partial charge in [-0.1, -0.05) is 5.43 Å². The Balaban J connectivity index is 1.81. The Labute approximate surface area is 131 Å². The van der Waals surface area contributed by atoms with Gasteiger partial charge in [0.1, 0.15) is 6.61 Å². The molecule has 1 amide bonds. The van der Waals surface area contributed by atoms with Crippen molar-refractivity contribution in [3.63, 3.8) is 0 Å². The van der Waals surface area contributed by atoms with Crippen molar-refractivity contribution in [2.24, 2.45) is 10.7 Å². The van der Waals surface area contributed by atoms with Crippen LogP contribution in [0.5, 0.6) is 0 Å². The first kappa shape index (κ1) is 16.5. The van der Waals surface area contributed by atoms with Crippen molar-refractivity contribution in [2.45, 2.75) is 18.9 Å². The fraction of sp³-hybridized carbons (Fsp3) is 0.385. The van der Waals surface area contributed by atoms with Crippen molar-refractivity contribution in [3.05, 3.63) is 34.4 Å². The van der Waals surface area contributed by atoms with E-state index in [9.17, 15) is 14.9 Å². The number of anilines is 1. The van der Waals surface area contributed by atoms with E-state index >= 15 is 0 Å². The highest BCUT2D eigenvalue weighted by atomic mass is 16.7. The van der Waals surface area contributed by atoms with E-state index in [1.54, 1.807) is 29.7 Å². The monoisotopic (exact) mass is 323 g/mol. The smallest absolute Gasteiger partial charge is 0.411 e. The number of ether oxygens (including phenoxy) is 2. The van der Waals surface area contributed by atoms with E-state index in [-0.39, 0.29) is 18.7 Å². The van der Waals surface area contributed by atoms with Gasteiger partial charge in [-0.05, 0) is 37.1 Å². The second-order valence-corrected chi connectivity index (χ2v) is 4.77. The lowest BCUT2D eigenvalue weighted by Crippen LogP contribution is -2.35.